The summed E-state index contributed by atoms with van der Waals surface area (Å²) in [6.45, 7) is 0. The minimum atomic E-state index is 0. The molecule has 0 radical (unpaired) electrons. The fraction of sp³-hybridized carbons (Fsp3) is 0.400. The summed E-state index contributed by atoms with van der Waals surface area (Å²) in [5, 5.41) is 0. The lowest BCUT2D eigenvalue weighted by Crippen LogP contribution is -2.37. The van der Waals surface area contributed by atoms with E-state index in [1.807, 2.05) is 6.07 Å². The number of rotatable bonds is 1. The van der Waals surface area contributed by atoms with Crippen LogP contribution in [0.1, 0.15) is 24.3 Å². The van der Waals surface area contributed by atoms with Gasteiger partial charge in [0, 0.05) is 6.04 Å². The number of halogens is 1. The average molecular weight is 184 g/mol. The van der Waals surface area contributed by atoms with Crippen LogP contribution in [0.4, 0.5) is 0 Å². The Balaban J connectivity index is 0.000000720. The summed E-state index contributed by atoms with van der Waals surface area (Å²) < 4.78 is 0. The highest BCUT2D eigenvalue weighted by atomic mass is 35.5. The van der Waals surface area contributed by atoms with Crippen molar-refractivity contribution < 1.29 is 0 Å². The Labute approximate surface area is 79.4 Å². The van der Waals surface area contributed by atoms with Crippen LogP contribution < -0.4 is 5.73 Å². The first-order chi connectivity index (χ1) is 5.38. The number of benzene rings is 1. The first-order valence-corrected chi connectivity index (χ1v) is 4.18. The van der Waals surface area contributed by atoms with E-state index in [-0.39, 0.29) is 12.4 Å². The first kappa shape index (κ1) is 9.56. The standard InChI is InChI=1S/C10H13N.ClH/c11-10-7-6-9(10)8-4-2-1-3-5-8;/h1-5,9-10H,6-7,11H2;1H/t9-,10-;/m1./s1. The normalized spacial score (nSPS) is 27.1. The molecule has 0 bridgehead atoms. The lowest BCUT2D eigenvalue weighted by atomic mass is 9.76. The van der Waals surface area contributed by atoms with E-state index in [0.717, 1.165) is 0 Å². The molecule has 2 rings (SSSR count). The van der Waals surface area contributed by atoms with E-state index >= 15 is 0 Å². The molecule has 0 spiro atoms. The molecule has 2 atom stereocenters. The van der Waals surface area contributed by atoms with Gasteiger partial charge >= 0.3 is 0 Å². The van der Waals surface area contributed by atoms with Gasteiger partial charge in [0.15, 0.2) is 0 Å². The second-order valence-electron chi connectivity index (χ2n) is 3.26. The van der Waals surface area contributed by atoms with Crippen LogP contribution >= 0.6 is 12.4 Å². The number of hydrogen-bond acceptors (Lipinski definition) is 1. The zero-order valence-electron chi connectivity index (χ0n) is 6.94. The summed E-state index contributed by atoms with van der Waals surface area (Å²) in [5.74, 6) is 0.635. The van der Waals surface area contributed by atoms with Gasteiger partial charge in [0.1, 0.15) is 0 Å². The van der Waals surface area contributed by atoms with Gasteiger partial charge in [0.2, 0.25) is 0 Å². The molecule has 1 fully saturated rings. The highest BCUT2D eigenvalue weighted by Gasteiger charge is 2.28. The van der Waals surface area contributed by atoms with Crippen molar-refractivity contribution in [2.75, 3.05) is 0 Å². The molecular formula is C10H14ClN. The molecule has 66 valence electrons. The second kappa shape index (κ2) is 3.92. The Morgan fingerprint density at radius 3 is 2.17 bits per heavy atom. The van der Waals surface area contributed by atoms with E-state index in [0.29, 0.717) is 12.0 Å². The summed E-state index contributed by atoms with van der Waals surface area (Å²) in [4.78, 5) is 0. The van der Waals surface area contributed by atoms with Gasteiger partial charge in [0.25, 0.3) is 0 Å². The maximum Gasteiger partial charge on any atom is 0.0108 e. The van der Waals surface area contributed by atoms with Crippen molar-refractivity contribution in [3.8, 4) is 0 Å². The van der Waals surface area contributed by atoms with Gasteiger partial charge in [-0.15, -0.1) is 12.4 Å². The van der Waals surface area contributed by atoms with E-state index in [1.165, 1.54) is 18.4 Å². The molecule has 0 unspecified atom stereocenters. The molecule has 0 saturated heterocycles. The third-order valence-corrected chi connectivity index (χ3v) is 2.56. The summed E-state index contributed by atoms with van der Waals surface area (Å²) in [5.41, 5.74) is 7.26. The number of hydrogen-bond donors (Lipinski definition) is 1. The Morgan fingerprint density at radius 2 is 1.75 bits per heavy atom. The van der Waals surface area contributed by atoms with Crippen molar-refractivity contribution in [1.29, 1.82) is 0 Å². The molecule has 1 aliphatic rings. The topological polar surface area (TPSA) is 26.0 Å². The van der Waals surface area contributed by atoms with Gasteiger partial charge in [-0.25, -0.2) is 0 Å². The summed E-state index contributed by atoms with van der Waals surface area (Å²) >= 11 is 0. The lowest BCUT2D eigenvalue weighted by Gasteiger charge is -2.33. The number of nitrogens with two attached hydrogens (primary N) is 1. The van der Waals surface area contributed by atoms with Crippen LogP contribution in [0.3, 0.4) is 0 Å². The first-order valence-electron chi connectivity index (χ1n) is 4.18. The smallest absolute Gasteiger partial charge is 0.0108 e. The Kier molecular flexibility index (Phi) is 3.12. The molecule has 0 aliphatic heterocycles. The average Bonchev–Trinajstić information content (AvgIpc) is 2.04. The molecule has 2 heteroatoms. The Hall–Kier alpha value is -0.530. The van der Waals surface area contributed by atoms with E-state index in [2.05, 4.69) is 24.3 Å². The molecule has 2 N–H and O–H groups in total. The van der Waals surface area contributed by atoms with E-state index in [9.17, 15) is 0 Å². The van der Waals surface area contributed by atoms with Crippen LogP contribution in [-0.2, 0) is 0 Å². The van der Waals surface area contributed by atoms with E-state index < -0.39 is 0 Å². The van der Waals surface area contributed by atoms with Gasteiger partial charge in [-0.05, 0) is 24.3 Å². The minimum Gasteiger partial charge on any atom is -0.327 e. The van der Waals surface area contributed by atoms with Crippen molar-refractivity contribution in [2.24, 2.45) is 5.73 Å². The Bertz CT molecular complexity index is 235. The molecule has 1 aliphatic carbocycles. The lowest BCUT2D eigenvalue weighted by molar-refractivity contribution is 0.347. The molecule has 0 amide bonds. The maximum atomic E-state index is 5.85. The SMILES string of the molecule is Cl.N[C@@H]1CC[C@@H]1c1ccccc1. The fourth-order valence-corrected chi connectivity index (χ4v) is 1.64. The summed E-state index contributed by atoms with van der Waals surface area (Å²) in [6.07, 6.45) is 2.46. The molecule has 0 aromatic heterocycles. The molecule has 1 saturated carbocycles. The van der Waals surface area contributed by atoms with Gasteiger partial charge in [-0.1, -0.05) is 30.3 Å². The second-order valence-corrected chi connectivity index (χ2v) is 3.26. The molecule has 1 aromatic carbocycles. The summed E-state index contributed by atoms with van der Waals surface area (Å²) in [6, 6.07) is 11.0. The van der Waals surface area contributed by atoms with Gasteiger partial charge in [0.05, 0.1) is 0 Å². The molecule has 0 heterocycles. The van der Waals surface area contributed by atoms with Crippen molar-refractivity contribution in [2.45, 2.75) is 24.8 Å². The predicted molar refractivity (Wildman–Crippen MR) is 53.6 cm³/mol. The monoisotopic (exact) mass is 183 g/mol. The van der Waals surface area contributed by atoms with Gasteiger partial charge < -0.3 is 5.73 Å². The quantitative estimate of drug-likeness (QED) is 0.711. The van der Waals surface area contributed by atoms with Gasteiger partial charge in [-0.2, -0.15) is 0 Å². The highest BCUT2D eigenvalue weighted by Crippen LogP contribution is 2.34. The van der Waals surface area contributed by atoms with Crippen molar-refractivity contribution in [3.63, 3.8) is 0 Å². The van der Waals surface area contributed by atoms with Crippen LogP contribution in [-0.4, -0.2) is 6.04 Å². The van der Waals surface area contributed by atoms with Crippen molar-refractivity contribution in [1.82, 2.24) is 0 Å². The Morgan fingerprint density at radius 1 is 1.08 bits per heavy atom. The van der Waals surface area contributed by atoms with E-state index in [4.69, 9.17) is 5.73 Å². The molecule has 1 nitrogen and oxygen atoms in total. The van der Waals surface area contributed by atoms with Crippen LogP contribution in [0.25, 0.3) is 0 Å². The van der Waals surface area contributed by atoms with Crippen LogP contribution in [0.2, 0.25) is 0 Å². The van der Waals surface area contributed by atoms with E-state index in [1.54, 1.807) is 0 Å². The van der Waals surface area contributed by atoms with Crippen LogP contribution in [0, 0.1) is 0 Å². The van der Waals surface area contributed by atoms with Gasteiger partial charge in [-0.3, -0.25) is 0 Å². The summed E-state index contributed by atoms with van der Waals surface area (Å²) in [7, 11) is 0. The van der Waals surface area contributed by atoms with Crippen LogP contribution in [0.5, 0.6) is 0 Å². The third kappa shape index (κ3) is 1.62. The van der Waals surface area contributed by atoms with Crippen molar-refractivity contribution in [3.05, 3.63) is 35.9 Å². The van der Waals surface area contributed by atoms with Crippen LogP contribution in [0.15, 0.2) is 30.3 Å². The minimum absolute atomic E-state index is 0. The predicted octanol–water partition coefficient (Wildman–Crippen LogP) is 2.31. The molecule has 1 aromatic rings. The zero-order chi connectivity index (χ0) is 7.68. The largest absolute Gasteiger partial charge is 0.327 e. The zero-order valence-corrected chi connectivity index (χ0v) is 7.76. The molecule has 12 heavy (non-hydrogen) atoms. The third-order valence-electron chi connectivity index (χ3n) is 2.56. The molecular weight excluding hydrogens is 170 g/mol. The maximum absolute atomic E-state index is 5.85. The fourth-order valence-electron chi connectivity index (χ4n) is 1.64. The highest BCUT2D eigenvalue weighted by molar-refractivity contribution is 5.85. The van der Waals surface area contributed by atoms with Crippen molar-refractivity contribution >= 4 is 12.4 Å².